The van der Waals surface area contributed by atoms with Crippen molar-refractivity contribution >= 4 is 34.5 Å². The van der Waals surface area contributed by atoms with Crippen molar-refractivity contribution in [3.63, 3.8) is 0 Å². The van der Waals surface area contributed by atoms with Crippen molar-refractivity contribution in [2.75, 3.05) is 7.11 Å². The maximum Gasteiger partial charge on any atom is 0.119 e. The van der Waals surface area contributed by atoms with E-state index in [0.29, 0.717) is 0 Å². The molecule has 0 unspecified atom stereocenters. The van der Waals surface area contributed by atoms with Gasteiger partial charge in [0, 0.05) is 15.0 Å². The summed E-state index contributed by atoms with van der Waals surface area (Å²) in [5, 5.41) is 0. The fraction of sp³-hybridized carbons (Fsp3) is 0.105. The van der Waals surface area contributed by atoms with E-state index in [1.807, 2.05) is 30.5 Å². The summed E-state index contributed by atoms with van der Waals surface area (Å²) in [5.74, 6) is 0.854. The highest BCUT2D eigenvalue weighted by Gasteiger charge is 2.06. The van der Waals surface area contributed by atoms with Crippen LogP contribution in [0.3, 0.4) is 0 Å². The first-order chi connectivity index (χ1) is 11.2. The Morgan fingerprint density at radius 1 is 1.04 bits per heavy atom. The Hall–Kier alpha value is -2.08. The van der Waals surface area contributed by atoms with Crippen LogP contribution in [0.1, 0.15) is 11.4 Å². The number of methoxy groups -OCH3 is 1. The molecule has 0 N–H and O–H groups in total. The van der Waals surface area contributed by atoms with Crippen molar-refractivity contribution in [1.82, 2.24) is 4.57 Å². The van der Waals surface area contributed by atoms with Crippen LogP contribution in [0, 0.1) is 10.5 Å². The van der Waals surface area contributed by atoms with Crippen LogP contribution in [0.5, 0.6) is 5.75 Å². The zero-order valence-electron chi connectivity index (χ0n) is 13.0. The molecule has 3 rings (SSSR count). The van der Waals surface area contributed by atoms with Crippen LogP contribution in [-0.2, 0) is 0 Å². The predicted molar refractivity (Wildman–Crippen MR) is 103 cm³/mol. The Kier molecular flexibility index (Phi) is 4.81. The molecule has 1 aromatic heterocycles. The second-order valence-corrected chi connectivity index (χ2v) is 6.42. The minimum Gasteiger partial charge on any atom is -0.497 e. The van der Waals surface area contributed by atoms with Gasteiger partial charge in [0.25, 0.3) is 0 Å². The van der Waals surface area contributed by atoms with Crippen LogP contribution < -0.4 is 4.74 Å². The van der Waals surface area contributed by atoms with Crippen LogP contribution >= 0.6 is 22.6 Å². The quantitative estimate of drug-likeness (QED) is 0.427. The third kappa shape index (κ3) is 3.64. The van der Waals surface area contributed by atoms with Crippen molar-refractivity contribution in [1.29, 1.82) is 0 Å². The summed E-state index contributed by atoms with van der Waals surface area (Å²) >= 11 is 2.30. The van der Waals surface area contributed by atoms with Crippen LogP contribution in [0.4, 0.5) is 5.69 Å². The molecule has 0 bridgehead atoms. The van der Waals surface area contributed by atoms with Crippen molar-refractivity contribution < 1.29 is 4.74 Å². The molecule has 3 aromatic rings. The smallest absolute Gasteiger partial charge is 0.119 e. The van der Waals surface area contributed by atoms with Crippen LogP contribution in [0.2, 0.25) is 0 Å². The van der Waals surface area contributed by atoms with E-state index < -0.39 is 0 Å². The lowest BCUT2D eigenvalue weighted by atomic mass is 10.3. The number of hydrogen-bond acceptors (Lipinski definition) is 2. The normalized spacial score (nSPS) is 11.1. The molecule has 23 heavy (non-hydrogen) atoms. The molecule has 0 saturated heterocycles. The number of benzene rings is 2. The van der Waals surface area contributed by atoms with Crippen molar-refractivity contribution in [3.8, 4) is 11.4 Å². The summed E-state index contributed by atoms with van der Waals surface area (Å²) in [7, 11) is 1.68. The maximum absolute atomic E-state index is 5.23. The van der Waals surface area contributed by atoms with Gasteiger partial charge in [0.1, 0.15) is 5.75 Å². The van der Waals surface area contributed by atoms with Gasteiger partial charge in [-0.15, -0.1) is 0 Å². The SMILES string of the molecule is COc1ccc(-n2c(C)ccc2C=Nc2cccc(I)c2)cc1. The number of rotatable bonds is 4. The molecule has 0 fully saturated rings. The minimum absolute atomic E-state index is 0.854. The number of aliphatic imine (C=N–C) groups is 1. The van der Waals surface area contributed by atoms with Gasteiger partial charge in [0.15, 0.2) is 0 Å². The van der Waals surface area contributed by atoms with Gasteiger partial charge >= 0.3 is 0 Å². The van der Waals surface area contributed by atoms with Crippen molar-refractivity contribution in [2.45, 2.75) is 6.92 Å². The first-order valence-corrected chi connectivity index (χ1v) is 8.37. The monoisotopic (exact) mass is 416 g/mol. The fourth-order valence-corrected chi connectivity index (χ4v) is 2.97. The largest absolute Gasteiger partial charge is 0.497 e. The number of halogens is 1. The van der Waals surface area contributed by atoms with Gasteiger partial charge in [-0.05, 0) is 84.1 Å². The van der Waals surface area contributed by atoms with E-state index in [9.17, 15) is 0 Å². The number of aromatic nitrogens is 1. The molecule has 0 spiro atoms. The fourth-order valence-electron chi connectivity index (χ4n) is 2.44. The Balaban J connectivity index is 1.95. The molecule has 0 aliphatic rings. The van der Waals surface area contributed by atoms with Gasteiger partial charge in [-0.2, -0.15) is 0 Å². The van der Waals surface area contributed by atoms with E-state index in [0.717, 1.165) is 22.8 Å². The van der Waals surface area contributed by atoms with E-state index in [2.05, 4.69) is 75.5 Å². The van der Waals surface area contributed by atoms with Gasteiger partial charge in [0.2, 0.25) is 0 Å². The van der Waals surface area contributed by atoms with Crippen molar-refractivity contribution in [3.05, 3.63) is 75.6 Å². The Labute approximate surface area is 149 Å². The first-order valence-electron chi connectivity index (χ1n) is 7.30. The lowest BCUT2D eigenvalue weighted by molar-refractivity contribution is 0.414. The number of aryl methyl sites for hydroxylation is 1. The zero-order valence-corrected chi connectivity index (χ0v) is 15.2. The summed E-state index contributed by atoms with van der Waals surface area (Å²) < 4.78 is 8.58. The topological polar surface area (TPSA) is 26.5 Å². The van der Waals surface area contributed by atoms with Gasteiger partial charge in [-0.1, -0.05) is 6.07 Å². The van der Waals surface area contributed by atoms with Crippen LogP contribution in [0.25, 0.3) is 5.69 Å². The molecule has 0 saturated carbocycles. The molecule has 0 atom stereocenters. The summed E-state index contributed by atoms with van der Waals surface area (Å²) in [6.45, 7) is 2.09. The second-order valence-electron chi connectivity index (χ2n) is 5.17. The van der Waals surface area contributed by atoms with E-state index in [-0.39, 0.29) is 0 Å². The van der Waals surface area contributed by atoms with E-state index >= 15 is 0 Å². The van der Waals surface area contributed by atoms with Crippen LogP contribution in [0.15, 0.2) is 65.7 Å². The molecule has 0 aliphatic heterocycles. The molecule has 4 heteroatoms. The molecular weight excluding hydrogens is 399 g/mol. The highest BCUT2D eigenvalue weighted by atomic mass is 127. The standard InChI is InChI=1S/C19H17IN2O/c1-14-6-7-18(13-21-16-5-3-4-15(20)12-16)22(14)17-8-10-19(23-2)11-9-17/h3-13H,1-2H3. The number of nitrogens with zero attached hydrogens (tertiary/aromatic N) is 2. The van der Waals surface area contributed by atoms with Gasteiger partial charge < -0.3 is 9.30 Å². The van der Waals surface area contributed by atoms with E-state index in [1.165, 1.54) is 9.26 Å². The van der Waals surface area contributed by atoms with E-state index in [4.69, 9.17) is 4.74 Å². The average Bonchev–Trinajstić information content (AvgIpc) is 2.94. The Morgan fingerprint density at radius 2 is 1.83 bits per heavy atom. The molecular formula is C19H17IN2O. The highest BCUT2D eigenvalue weighted by Crippen LogP contribution is 2.20. The molecule has 1 heterocycles. The van der Waals surface area contributed by atoms with Gasteiger partial charge in [-0.25, -0.2) is 0 Å². The molecule has 3 nitrogen and oxygen atoms in total. The second kappa shape index (κ2) is 7.00. The zero-order chi connectivity index (χ0) is 16.2. The minimum atomic E-state index is 0.854. The number of hydrogen-bond donors (Lipinski definition) is 0. The summed E-state index contributed by atoms with van der Waals surface area (Å²) in [6, 6.07) is 20.4. The van der Waals surface area contributed by atoms with Gasteiger partial charge in [-0.3, -0.25) is 4.99 Å². The van der Waals surface area contributed by atoms with Crippen molar-refractivity contribution in [2.24, 2.45) is 4.99 Å². The van der Waals surface area contributed by atoms with Crippen LogP contribution in [-0.4, -0.2) is 17.9 Å². The lowest BCUT2D eigenvalue weighted by Crippen LogP contribution is -2.01. The third-order valence-corrected chi connectivity index (χ3v) is 4.26. The maximum atomic E-state index is 5.23. The lowest BCUT2D eigenvalue weighted by Gasteiger charge is -2.10. The molecule has 2 aromatic carbocycles. The molecule has 0 aliphatic carbocycles. The highest BCUT2D eigenvalue weighted by molar-refractivity contribution is 14.1. The summed E-state index contributed by atoms with van der Waals surface area (Å²) in [6.07, 6.45) is 1.91. The van der Waals surface area contributed by atoms with Gasteiger partial charge in [0.05, 0.1) is 24.7 Å². The first kappa shape index (κ1) is 15.8. The third-order valence-electron chi connectivity index (χ3n) is 3.59. The average molecular weight is 416 g/mol. The summed E-state index contributed by atoms with van der Waals surface area (Å²) in [5.41, 5.74) is 4.26. The predicted octanol–water partition coefficient (Wildman–Crippen LogP) is 5.15. The molecule has 116 valence electrons. The molecule has 0 amide bonds. The van der Waals surface area contributed by atoms with E-state index in [1.54, 1.807) is 7.11 Å². The Bertz CT molecular complexity index is 835. The molecule has 0 radical (unpaired) electrons. The summed E-state index contributed by atoms with van der Waals surface area (Å²) in [4.78, 5) is 4.60. The number of ether oxygens (including phenoxy) is 1. The Morgan fingerprint density at radius 3 is 2.52 bits per heavy atom.